The van der Waals surface area contributed by atoms with Crippen LogP contribution in [0.3, 0.4) is 0 Å². The Morgan fingerprint density at radius 1 is 1.16 bits per heavy atom. The van der Waals surface area contributed by atoms with Gasteiger partial charge >= 0.3 is 5.97 Å². The highest BCUT2D eigenvalue weighted by Crippen LogP contribution is 2.22. The summed E-state index contributed by atoms with van der Waals surface area (Å²) >= 11 is 0. The third-order valence-corrected chi connectivity index (χ3v) is 5.33. The highest BCUT2D eigenvalue weighted by atomic mass is 16.5. The van der Waals surface area contributed by atoms with Gasteiger partial charge in [0.15, 0.2) is 5.69 Å². The van der Waals surface area contributed by atoms with Gasteiger partial charge in [0.1, 0.15) is 0 Å². The van der Waals surface area contributed by atoms with E-state index in [0.29, 0.717) is 6.54 Å². The van der Waals surface area contributed by atoms with E-state index in [-0.39, 0.29) is 17.6 Å². The molecule has 3 heterocycles. The van der Waals surface area contributed by atoms with Crippen molar-refractivity contribution in [1.29, 1.82) is 0 Å². The van der Waals surface area contributed by atoms with E-state index >= 15 is 0 Å². The lowest BCUT2D eigenvalue weighted by atomic mass is 9.99. The number of piperidine rings is 2. The summed E-state index contributed by atoms with van der Waals surface area (Å²) in [7, 11) is 1.33. The number of ether oxygens (including phenoxy) is 1. The molecule has 3 rings (SSSR count). The Kier molecular flexibility index (Phi) is 5.67. The molecule has 8 nitrogen and oxygen atoms in total. The van der Waals surface area contributed by atoms with E-state index < -0.39 is 5.97 Å². The summed E-state index contributed by atoms with van der Waals surface area (Å²) in [4.78, 5) is 28.1. The number of carbonyl (C=O) groups excluding carboxylic acids is 2. The van der Waals surface area contributed by atoms with Crippen LogP contribution < -0.4 is 0 Å². The van der Waals surface area contributed by atoms with Crippen LogP contribution in [0.5, 0.6) is 0 Å². The van der Waals surface area contributed by atoms with Crippen LogP contribution in [0.2, 0.25) is 0 Å². The Bertz CT molecular complexity index is 601. The molecule has 2 aliphatic rings. The number of nitrogens with zero attached hydrogens (tertiary/aromatic N) is 5. The molecule has 1 aromatic heterocycles. The van der Waals surface area contributed by atoms with Crippen molar-refractivity contribution >= 4 is 11.9 Å². The van der Waals surface area contributed by atoms with Crippen molar-refractivity contribution in [3.05, 3.63) is 11.9 Å². The Morgan fingerprint density at radius 3 is 2.48 bits per heavy atom. The van der Waals surface area contributed by atoms with Gasteiger partial charge in [0.05, 0.1) is 25.9 Å². The largest absolute Gasteiger partial charge is 0.464 e. The number of likely N-dealkylation sites (tertiary alicyclic amines) is 2. The first-order chi connectivity index (χ1) is 12.1. The Morgan fingerprint density at radius 2 is 1.84 bits per heavy atom. The first-order valence-corrected chi connectivity index (χ1v) is 9.07. The molecule has 25 heavy (non-hydrogen) atoms. The van der Waals surface area contributed by atoms with Crippen LogP contribution in [-0.2, 0) is 9.53 Å². The molecule has 1 amide bonds. The van der Waals surface area contributed by atoms with Gasteiger partial charge in [0.2, 0.25) is 5.91 Å². The molecule has 0 unspecified atom stereocenters. The van der Waals surface area contributed by atoms with E-state index in [1.54, 1.807) is 10.9 Å². The Balaban J connectivity index is 1.46. The van der Waals surface area contributed by atoms with E-state index in [2.05, 4.69) is 26.9 Å². The van der Waals surface area contributed by atoms with Crippen LogP contribution in [0.25, 0.3) is 0 Å². The molecule has 8 heteroatoms. The van der Waals surface area contributed by atoms with Crippen molar-refractivity contribution < 1.29 is 14.3 Å². The summed E-state index contributed by atoms with van der Waals surface area (Å²) in [6, 6.07) is 0.216. The average molecular weight is 349 g/mol. The topological polar surface area (TPSA) is 80.6 Å². The fraction of sp³-hybridized carbons (Fsp3) is 0.765. The third kappa shape index (κ3) is 4.36. The quantitative estimate of drug-likeness (QED) is 0.753. The zero-order valence-corrected chi connectivity index (χ0v) is 15.1. The smallest absolute Gasteiger partial charge is 0.360 e. The van der Waals surface area contributed by atoms with E-state index in [1.807, 2.05) is 4.90 Å². The van der Waals surface area contributed by atoms with Crippen LogP contribution in [0, 0.1) is 5.92 Å². The first-order valence-electron chi connectivity index (χ1n) is 9.07. The fourth-order valence-corrected chi connectivity index (χ4v) is 3.54. The lowest BCUT2D eigenvalue weighted by molar-refractivity contribution is -0.134. The minimum absolute atomic E-state index is 0.216. The molecule has 0 saturated carbocycles. The van der Waals surface area contributed by atoms with Crippen LogP contribution >= 0.6 is 0 Å². The van der Waals surface area contributed by atoms with Gasteiger partial charge in [0.25, 0.3) is 0 Å². The Hall–Kier alpha value is -1.96. The summed E-state index contributed by atoms with van der Waals surface area (Å²) in [5, 5.41) is 7.91. The van der Waals surface area contributed by atoms with E-state index in [4.69, 9.17) is 0 Å². The van der Waals surface area contributed by atoms with Crippen LogP contribution in [0.4, 0.5) is 0 Å². The summed E-state index contributed by atoms with van der Waals surface area (Å²) in [5.74, 6) is 0.515. The summed E-state index contributed by atoms with van der Waals surface area (Å²) in [5.41, 5.74) is 0.236. The second kappa shape index (κ2) is 7.95. The summed E-state index contributed by atoms with van der Waals surface area (Å²) in [6.45, 7) is 6.26. The number of carbonyl (C=O) groups is 2. The molecule has 0 N–H and O–H groups in total. The van der Waals surface area contributed by atoms with Gasteiger partial charge in [-0.15, -0.1) is 5.10 Å². The predicted octanol–water partition coefficient (Wildman–Crippen LogP) is 0.960. The van der Waals surface area contributed by atoms with Gasteiger partial charge in [0, 0.05) is 26.2 Å². The number of amides is 1. The summed E-state index contributed by atoms with van der Waals surface area (Å²) < 4.78 is 6.40. The van der Waals surface area contributed by atoms with Crippen molar-refractivity contribution in [2.45, 2.75) is 38.6 Å². The van der Waals surface area contributed by atoms with Crippen LogP contribution in [-0.4, -0.2) is 76.5 Å². The standard InChI is InChI=1S/C17H27N5O3/c1-13-3-9-21(10-4-13)16(23)12-20-7-5-14(6-8-20)22-11-15(18-19-22)17(24)25-2/h11,13-14H,3-10,12H2,1-2H3. The predicted molar refractivity (Wildman–Crippen MR) is 91.1 cm³/mol. The number of hydrogen-bond acceptors (Lipinski definition) is 6. The molecule has 2 fully saturated rings. The van der Waals surface area contributed by atoms with Crippen molar-refractivity contribution in [1.82, 2.24) is 24.8 Å². The maximum atomic E-state index is 12.4. The van der Waals surface area contributed by atoms with Crippen molar-refractivity contribution in [3.8, 4) is 0 Å². The maximum Gasteiger partial charge on any atom is 0.360 e. The fourth-order valence-electron chi connectivity index (χ4n) is 3.54. The van der Waals surface area contributed by atoms with Gasteiger partial charge in [-0.1, -0.05) is 12.1 Å². The van der Waals surface area contributed by atoms with E-state index in [9.17, 15) is 9.59 Å². The minimum Gasteiger partial charge on any atom is -0.464 e. The zero-order valence-electron chi connectivity index (χ0n) is 15.1. The van der Waals surface area contributed by atoms with E-state index in [0.717, 1.165) is 57.8 Å². The van der Waals surface area contributed by atoms with Gasteiger partial charge < -0.3 is 9.64 Å². The summed E-state index contributed by atoms with van der Waals surface area (Å²) in [6.07, 6.45) is 5.67. The Labute approximate surface area is 148 Å². The number of esters is 1. The monoisotopic (exact) mass is 349 g/mol. The molecular formula is C17H27N5O3. The lowest BCUT2D eigenvalue weighted by Crippen LogP contribution is -2.46. The third-order valence-electron chi connectivity index (χ3n) is 5.33. The molecule has 0 aromatic carbocycles. The van der Waals surface area contributed by atoms with Gasteiger partial charge in [-0.2, -0.15) is 0 Å². The molecule has 2 saturated heterocycles. The number of methoxy groups -OCH3 is 1. The van der Waals surface area contributed by atoms with E-state index in [1.165, 1.54) is 7.11 Å². The molecule has 138 valence electrons. The molecule has 0 atom stereocenters. The maximum absolute atomic E-state index is 12.4. The lowest BCUT2D eigenvalue weighted by Gasteiger charge is -2.35. The van der Waals surface area contributed by atoms with Crippen molar-refractivity contribution in [3.63, 3.8) is 0 Å². The highest BCUT2D eigenvalue weighted by molar-refractivity contribution is 5.86. The van der Waals surface area contributed by atoms with Gasteiger partial charge in [-0.3, -0.25) is 9.69 Å². The normalized spacial score (nSPS) is 20.6. The second-order valence-corrected chi connectivity index (χ2v) is 7.15. The highest BCUT2D eigenvalue weighted by Gasteiger charge is 2.26. The van der Waals surface area contributed by atoms with Crippen molar-refractivity contribution in [2.75, 3.05) is 39.8 Å². The molecule has 2 aliphatic heterocycles. The molecule has 0 aliphatic carbocycles. The number of rotatable bonds is 4. The molecule has 0 radical (unpaired) electrons. The molecule has 0 spiro atoms. The average Bonchev–Trinajstić information content (AvgIpc) is 3.12. The molecular weight excluding hydrogens is 322 g/mol. The number of hydrogen-bond donors (Lipinski definition) is 0. The second-order valence-electron chi connectivity index (χ2n) is 7.15. The molecule has 0 bridgehead atoms. The van der Waals surface area contributed by atoms with Gasteiger partial charge in [-0.05, 0) is 31.6 Å². The molecule has 1 aromatic rings. The van der Waals surface area contributed by atoms with Crippen molar-refractivity contribution in [2.24, 2.45) is 5.92 Å². The number of aromatic nitrogens is 3. The van der Waals surface area contributed by atoms with Crippen LogP contribution in [0.1, 0.15) is 49.1 Å². The minimum atomic E-state index is -0.467. The zero-order chi connectivity index (χ0) is 17.8. The first kappa shape index (κ1) is 17.8. The van der Waals surface area contributed by atoms with Crippen LogP contribution in [0.15, 0.2) is 6.20 Å². The SMILES string of the molecule is COC(=O)c1cn(C2CCN(CC(=O)N3CCC(C)CC3)CC2)nn1. The van der Waals surface area contributed by atoms with Gasteiger partial charge in [-0.25, -0.2) is 9.48 Å².